The SMILES string of the molecule is CC(C)(C)c1nn(-c2cc(F)ccc2F)c(N)c1NC(=O)N1CCSCC1. The minimum absolute atomic E-state index is 0.0594. The Morgan fingerprint density at radius 1 is 1.26 bits per heavy atom. The maximum absolute atomic E-state index is 14.2. The molecule has 1 saturated heterocycles. The van der Waals surface area contributed by atoms with Crippen LogP contribution in [0, 0.1) is 11.6 Å². The Balaban J connectivity index is 2.03. The fourth-order valence-electron chi connectivity index (χ4n) is 2.86. The van der Waals surface area contributed by atoms with Crippen LogP contribution in [0.15, 0.2) is 18.2 Å². The van der Waals surface area contributed by atoms with E-state index in [1.165, 1.54) is 0 Å². The lowest BCUT2D eigenvalue weighted by Crippen LogP contribution is -2.41. The predicted octanol–water partition coefficient (Wildman–Crippen LogP) is 3.61. The third-order valence-corrected chi connectivity index (χ3v) is 5.24. The lowest BCUT2D eigenvalue weighted by atomic mass is 9.91. The molecule has 0 aliphatic carbocycles. The van der Waals surface area contributed by atoms with E-state index >= 15 is 0 Å². The standard InChI is InChI=1S/C18H23F2N5OS/c1-18(2,3)15-14(22-17(26)24-6-8-27-9-7-24)16(21)25(23-15)13-10-11(19)4-5-12(13)20/h4-5,10H,6-9,21H2,1-3H3,(H,22,26). The third-order valence-electron chi connectivity index (χ3n) is 4.30. The van der Waals surface area contributed by atoms with Gasteiger partial charge in [-0.1, -0.05) is 20.8 Å². The molecule has 1 aromatic heterocycles. The topological polar surface area (TPSA) is 76.2 Å². The molecule has 146 valence electrons. The van der Waals surface area contributed by atoms with Crippen molar-refractivity contribution >= 4 is 29.3 Å². The summed E-state index contributed by atoms with van der Waals surface area (Å²) in [5.74, 6) is 0.558. The molecule has 0 spiro atoms. The highest BCUT2D eigenvalue weighted by atomic mass is 32.2. The van der Waals surface area contributed by atoms with Gasteiger partial charge in [0.1, 0.15) is 23.0 Å². The van der Waals surface area contributed by atoms with Gasteiger partial charge in [-0.3, -0.25) is 0 Å². The van der Waals surface area contributed by atoms with E-state index in [1.54, 1.807) is 16.7 Å². The number of carbonyl (C=O) groups is 1. The number of anilines is 2. The Kier molecular flexibility index (Phi) is 5.32. The molecule has 3 rings (SSSR count). The second-order valence-corrected chi connectivity index (χ2v) is 8.62. The lowest BCUT2D eigenvalue weighted by molar-refractivity contribution is 0.217. The summed E-state index contributed by atoms with van der Waals surface area (Å²) in [6.45, 7) is 7.03. The monoisotopic (exact) mass is 395 g/mol. The van der Waals surface area contributed by atoms with Gasteiger partial charge in [-0.15, -0.1) is 0 Å². The van der Waals surface area contributed by atoms with Crippen LogP contribution in [-0.4, -0.2) is 45.3 Å². The number of urea groups is 1. The molecule has 1 aromatic carbocycles. The van der Waals surface area contributed by atoms with Gasteiger partial charge in [0.15, 0.2) is 5.82 Å². The summed E-state index contributed by atoms with van der Waals surface area (Å²) in [5.41, 5.74) is 6.46. The zero-order valence-corrected chi connectivity index (χ0v) is 16.4. The molecule has 3 N–H and O–H groups in total. The molecule has 1 aliphatic rings. The molecule has 0 bridgehead atoms. The number of hydrogen-bond donors (Lipinski definition) is 2. The first kappa shape index (κ1) is 19.5. The highest BCUT2D eigenvalue weighted by molar-refractivity contribution is 7.99. The van der Waals surface area contributed by atoms with Crippen LogP contribution in [0.2, 0.25) is 0 Å². The Bertz CT molecular complexity index is 856. The molecule has 2 heterocycles. The molecule has 0 radical (unpaired) electrons. The van der Waals surface area contributed by atoms with Crippen LogP contribution in [0.3, 0.4) is 0 Å². The molecule has 2 amide bonds. The molecule has 9 heteroatoms. The van der Waals surface area contributed by atoms with Crippen LogP contribution in [0.25, 0.3) is 5.69 Å². The van der Waals surface area contributed by atoms with Crippen LogP contribution >= 0.6 is 11.8 Å². The van der Waals surface area contributed by atoms with Crippen LogP contribution in [0.1, 0.15) is 26.5 Å². The quantitative estimate of drug-likeness (QED) is 0.814. The van der Waals surface area contributed by atoms with Gasteiger partial charge in [0.25, 0.3) is 0 Å². The summed E-state index contributed by atoms with van der Waals surface area (Å²) in [5, 5.41) is 7.23. The fraction of sp³-hybridized carbons (Fsp3) is 0.444. The number of nitrogens with one attached hydrogen (secondary N) is 1. The average molecular weight is 395 g/mol. The molecule has 6 nitrogen and oxygen atoms in total. The van der Waals surface area contributed by atoms with Crippen molar-refractivity contribution in [1.82, 2.24) is 14.7 Å². The van der Waals surface area contributed by atoms with Crippen molar-refractivity contribution in [3.63, 3.8) is 0 Å². The lowest BCUT2D eigenvalue weighted by Gasteiger charge is -2.27. The average Bonchev–Trinajstić information content (AvgIpc) is 2.94. The summed E-state index contributed by atoms with van der Waals surface area (Å²) in [6, 6.07) is 2.80. The molecular formula is C18H23F2N5OS. The fourth-order valence-corrected chi connectivity index (χ4v) is 3.77. The number of hydrogen-bond acceptors (Lipinski definition) is 4. The van der Waals surface area contributed by atoms with E-state index in [0.717, 1.165) is 34.4 Å². The zero-order chi connectivity index (χ0) is 19.8. The van der Waals surface area contributed by atoms with Gasteiger partial charge >= 0.3 is 6.03 Å². The van der Waals surface area contributed by atoms with Gasteiger partial charge in [0.05, 0.1) is 5.69 Å². The third kappa shape index (κ3) is 4.02. The van der Waals surface area contributed by atoms with Gasteiger partial charge in [0.2, 0.25) is 0 Å². The summed E-state index contributed by atoms with van der Waals surface area (Å²) < 4.78 is 29.0. The first-order valence-corrected chi connectivity index (χ1v) is 9.82. The number of nitrogens with two attached hydrogens (primary N) is 1. The smallest absolute Gasteiger partial charge is 0.322 e. The second-order valence-electron chi connectivity index (χ2n) is 7.40. The zero-order valence-electron chi connectivity index (χ0n) is 15.6. The Labute approximate surface area is 161 Å². The number of nitrogen functional groups attached to an aromatic ring is 1. The van der Waals surface area contributed by atoms with Gasteiger partial charge in [-0.2, -0.15) is 16.9 Å². The summed E-state index contributed by atoms with van der Waals surface area (Å²) in [7, 11) is 0. The number of rotatable bonds is 2. The molecule has 27 heavy (non-hydrogen) atoms. The largest absolute Gasteiger partial charge is 0.382 e. The minimum atomic E-state index is -0.656. The van der Waals surface area contributed by atoms with Crippen LogP contribution < -0.4 is 11.1 Å². The molecule has 2 aromatic rings. The summed E-state index contributed by atoms with van der Waals surface area (Å²) in [6.07, 6.45) is 0. The van der Waals surface area contributed by atoms with E-state index in [-0.39, 0.29) is 17.5 Å². The number of carbonyl (C=O) groups excluding carboxylic acids is 1. The highest BCUT2D eigenvalue weighted by Gasteiger charge is 2.29. The highest BCUT2D eigenvalue weighted by Crippen LogP contribution is 2.35. The van der Waals surface area contributed by atoms with Gasteiger partial charge in [0, 0.05) is 36.1 Å². The second kappa shape index (κ2) is 7.38. The van der Waals surface area contributed by atoms with Crippen molar-refractivity contribution in [3.05, 3.63) is 35.5 Å². The number of thioether (sulfide) groups is 1. The number of benzene rings is 1. The van der Waals surface area contributed by atoms with Crippen molar-refractivity contribution in [2.75, 3.05) is 35.6 Å². The Morgan fingerprint density at radius 3 is 2.56 bits per heavy atom. The van der Waals surface area contributed by atoms with Gasteiger partial charge < -0.3 is 16.0 Å². The van der Waals surface area contributed by atoms with Crippen molar-refractivity contribution in [2.45, 2.75) is 26.2 Å². The minimum Gasteiger partial charge on any atom is -0.382 e. The summed E-state index contributed by atoms with van der Waals surface area (Å²) >= 11 is 1.80. The van der Waals surface area contributed by atoms with Crippen molar-refractivity contribution in [2.24, 2.45) is 0 Å². The van der Waals surface area contributed by atoms with Crippen molar-refractivity contribution < 1.29 is 13.6 Å². The van der Waals surface area contributed by atoms with E-state index in [9.17, 15) is 13.6 Å². The van der Waals surface area contributed by atoms with Crippen LogP contribution in [0.5, 0.6) is 0 Å². The first-order chi connectivity index (χ1) is 12.7. The number of halogens is 2. The molecular weight excluding hydrogens is 372 g/mol. The van der Waals surface area contributed by atoms with E-state index in [1.807, 2.05) is 20.8 Å². The molecule has 0 unspecified atom stereocenters. The maximum Gasteiger partial charge on any atom is 0.322 e. The Morgan fingerprint density at radius 2 is 1.93 bits per heavy atom. The first-order valence-electron chi connectivity index (χ1n) is 8.66. The molecule has 1 fully saturated rings. The van der Waals surface area contributed by atoms with E-state index in [2.05, 4.69) is 10.4 Å². The van der Waals surface area contributed by atoms with E-state index in [4.69, 9.17) is 5.73 Å². The van der Waals surface area contributed by atoms with Crippen LogP contribution in [-0.2, 0) is 5.41 Å². The number of aromatic nitrogens is 2. The predicted molar refractivity (Wildman–Crippen MR) is 105 cm³/mol. The van der Waals surface area contributed by atoms with Gasteiger partial charge in [-0.25, -0.2) is 18.3 Å². The maximum atomic E-state index is 14.2. The number of nitrogens with zero attached hydrogens (tertiary/aromatic N) is 3. The number of amides is 2. The molecule has 0 saturated carbocycles. The summed E-state index contributed by atoms with van der Waals surface area (Å²) in [4.78, 5) is 14.4. The van der Waals surface area contributed by atoms with Gasteiger partial charge in [-0.05, 0) is 12.1 Å². The Hall–Kier alpha value is -2.29. The molecule has 1 aliphatic heterocycles. The molecule has 0 atom stereocenters. The van der Waals surface area contributed by atoms with Crippen molar-refractivity contribution in [1.29, 1.82) is 0 Å². The normalized spacial score (nSPS) is 15.1. The van der Waals surface area contributed by atoms with E-state index in [0.29, 0.717) is 24.5 Å². The van der Waals surface area contributed by atoms with Crippen LogP contribution in [0.4, 0.5) is 25.1 Å². The van der Waals surface area contributed by atoms with E-state index < -0.39 is 17.0 Å². The van der Waals surface area contributed by atoms with Crippen molar-refractivity contribution in [3.8, 4) is 5.69 Å².